The molecule has 0 fully saturated rings. The maximum atomic E-state index is 11.7. The van der Waals surface area contributed by atoms with Crippen molar-refractivity contribution in [3.63, 3.8) is 0 Å². The zero-order valence-electron chi connectivity index (χ0n) is 9.55. The van der Waals surface area contributed by atoms with Crippen LogP contribution in [0.15, 0.2) is 45.5 Å². The minimum absolute atomic E-state index is 0.214. The Bertz CT molecular complexity index is 580. The Kier molecular flexibility index (Phi) is 4.22. The predicted octanol–water partition coefficient (Wildman–Crippen LogP) is 3.06. The van der Waals surface area contributed by atoms with Crippen molar-refractivity contribution < 1.29 is 4.79 Å². The lowest BCUT2D eigenvalue weighted by Crippen LogP contribution is -2.18. The molecule has 92 valence electrons. The SMILES string of the molecule is CC(=NNC(=O)c1ccc(Br)s1)c1cccnc1. The lowest BCUT2D eigenvalue weighted by molar-refractivity contribution is 0.0959. The molecule has 0 atom stereocenters. The lowest BCUT2D eigenvalue weighted by atomic mass is 10.2. The van der Waals surface area contributed by atoms with Gasteiger partial charge in [0.15, 0.2) is 0 Å². The summed E-state index contributed by atoms with van der Waals surface area (Å²) in [7, 11) is 0. The number of aromatic nitrogens is 1. The second-order valence-corrected chi connectivity index (χ2v) is 5.95. The molecule has 2 aromatic heterocycles. The van der Waals surface area contributed by atoms with Crippen LogP contribution in [0.4, 0.5) is 0 Å². The van der Waals surface area contributed by atoms with Crippen molar-refractivity contribution in [2.75, 3.05) is 0 Å². The van der Waals surface area contributed by atoms with Gasteiger partial charge in [0, 0.05) is 18.0 Å². The van der Waals surface area contributed by atoms with E-state index in [2.05, 4.69) is 31.4 Å². The first kappa shape index (κ1) is 12.9. The monoisotopic (exact) mass is 323 g/mol. The highest BCUT2D eigenvalue weighted by Crippen LogP contribution is 2.21. The van der Waals surface area contributed by atoms with Crippen LogP contribution in [0.5, 0.6) is 0 Å². The molecule has 0 saturated heterocycles. The fraction of sp³-hybridized carbons (Fsp3) is 0.0833. The molecule has 0 saturated carbocycles. The van der Waals surface area contributed by atoms with E-state index >= 15 is 0 Å². The molecule has 0 aliphatic heterocycles. The molecule has 0 bridgehead atoms. The number of nitrogens with one attached hydrogen (secondary N) is 1. The van der Waals surface area contributed by atoms with Gasteiger partial charge in [0.1, 0.15) is 0 Å². The molecule has 0 aliphatic rings. The van der Waals surface area contributed by atoms with Gasteiger partial charge in [0.2, 0.25) is 0 Å². The summed E-state index contributed by atoms with van der Waals surface area (Å²) < 4.78 is 0.917. The summed E-state index contributed by atoms with van der Waals surface area (Å²) >= 11 is 4.68. The second kappa shape index (κ2) is 5.88. The van der Waals surface area contributed by atoms with Gasteiger partial charge >= 0.3 is 0 Å². The number of nitrogens with zero attached hydrogens (tertiary/aromatic N) is 2. The molecule has 0 unspecified atom stereocenters. The van der Waals surface area contributed by atoms with Crippen molar-refractivity contribution in [1.29, 1.82) is 0 Å². The highest BCUT2D eigenvalue weighted by atomic mass is 79.9. The molecule has 4 nitrogen and oxygen atoms in total. The zero-order chi connectivity index (χ0) is 13.0. The van der Waals surface area contributed by atoms with Crippen LogP contribution >= 0.6 is 27.3 Å². The van der Waals surface area contributed by atoms with E-state index in [1.165, 1.54) is 11.3 Å². The quantitative estimate of drug-likeness (QED) is 0.697. The van der Waals surface area contributed by atoms with E-state index in [0.717, 1.165) is 9.35 Å². The summed E-state index contributed by atoms with van der Waals surface area (Å²) in [6.45, 7) is 1.82. The highest BCUT2D eigenvalue weighted by Gasteiger charge is 2.07. The third kappa shape index (κ3) is 3.24. The van der Waals surface area contributed by atoms with Crippen molar-refractivity contribution >= 4 is 38.9 Å². The number of halogens is 1. The predicted molar refractivity (Wildman–Crippen MR) is 75.9 cm³/mol. The fourth-order valence-corrected chi connectivity index (χ4v) is 2.54. The molecule has 1 N–H and O–H groups in total. The Morgan fingerprint density at radius 3 is 2.89 bits per heavy atom. The van der Waals surface area contributed by atoms with E-state index in [1.54, 1.807) is 18.5 Å². The van der Waals surface area contributed by atoms with Crippen LogP contribution in [0.1, 0.15) is 22.2 Å². The van der Waals surface area contributed by atoms with Crippen LogP contribution < -0.4 is 5.43 Å². The first-order valence-electron chi connectivity index (χ1n) is 5.17. The third-order valence-electron chi connectivity index (χ3n) is 2.20. The topological polar surface area (TPSA) is 54.4 Å². The molecule has 6 heteroatoms. The fourth-order valence-electron chi connectivity index (χ4n) is 1.27. The molecule has 0 radical (unpaired) electrons. The van der Waals surface area contributed by atoms with Gasteiger partial charge in [-0.05, 0) is 41.1 Å². The summed E-state index contributed by atoms with van der Waals surface area (Å²) in [5.41, 5.74) is 4.12. The minimum atomic E-state index is -0.214. The number of hydrogen-bond acceptors (Lipinski definition) is 4. The first-order chi connectivity index (χ1) is 8.66. The zero-order valence-corrected chi connectivity index (χ0v) is 12.0. The normalized spacial score (nSPS) is 11.3. The van der Waals surface area contributed by atoms with Crippen molar-refractivity contribution in [3.8, 4) is 0 Å². The highest BCUT2D eigenvalue weighted by molar-refractivity contribution is 9.11. The number of pyridine rings is 1. The largest absolute Gasteiger partial charge is 0.281 e. The van der Waals surface area contributed by atoms with E-state index in [0.29, 0.717) is 10.6 Å². The number of carbonyl (C=O) groups is 1. The van der Waals surface area contributed by atoms with E-state index in [4.69, 9.17) is 0 Å². The second-order valence-electron chi connectivity index (χ2n) is 3.48. The summed E-state index contributed by atoms with van der Waals surface area (Å²) in [6.07, 6.45) is 3.39. The van der Waals surface area contributed by atoms with Crippen LogP contribution in [-0.4, -0.2) is 16.6 Å². The van der Waals surface area contributed by atoms with Gasteiger partial charge in [-0.15, -0.1) is 11.3 Å². The Labute approximate surface area is 117 Å². The molecule has 2 aromatic rings. The van der Waals surface area contributed by atoms with Gasteiger partial charge in [0.05, 0.1) is 14.4 Å². The maximum absolute atomic E-state index is 11.7. The molecule has 2 rings (SSSR count). The van der Waals surface area contributed by atoms with Crippen LogP contribution in [0, 0.1) is 0 Å². The Morgan fingerprint density at radius 1 is 1.44 bits per heavy atom. The van der Waals surface area contributed by atoms with Crippen LogP contribution in [0.2, 0.25) is 0 Å². The number of rotatable bonds is 3. The minimum Gasteiger partial charge on any atom is -0.266 e. The first-order valence-corrected chi connectivity index (χ1v) is 6.78. The molecule has 2 heterocycles. The summed E-state index contributed by atoms with van der Waals surface area (Å²) in [5, 5.41) is 4.05. The number of hydrogen-bond donors (Lipinski definition) is 1. The van der Waals surface area contributed by atoms with E-state index in [1.807, 2.05) is 25.1 Å². The van der Waals surface area contributed by atoms with Crippen molar-refractivity contribution in [2.45, 2.75) is 6.92 Å². The van der Waals surface area contributed by atoms with Crippen LogP contribution in [-0.2, 0) is 0 Å². The van der Waals surface area contributed by atoms with Crippen LogP contribution in [0.3, 0.4) is 0 Å². The van der Waals surface area contributed by atoms with Crippen molar-refractivity contribution in [1.82, 2.24) is 10.4 Å². The summed E-state index contributed by atoms with van der Waals surface area (Å²) in [6, 6.07) is 7.29. The van der Waals surface area contributed by atoms with E-state index in [9.17, 15) is 4.79 Å². The Balaban J connectivity index is 2.05. The Morgan fingerprint density at radius 2 is 2.28 bits per heavy atom. The molecule has 0 aliphatic carbocycles. The summed E-state index contributed by atoms with van der Waals surface area (Å²) in [4.78, 5) is 16.4. The average Bonchev–Trinajstić information content (AvgIpc) is 2.83. The lowest BCUT2D eigenvalue weighted by Gasteiger charge is -2.00. The molecule has 0 aromatic carbocycles. The van der Waals surface area contributed by atoms with E-state index in [-0.39, 0.29) is 5.91 Å². The van der Waals surface area contributed by atoms with Gasteiger partial charge in [-0.2, -0.15) is 5.10 Å². The number of hydrazone groups is 1. The van der Waals surface area contributed by atoms with Crippen molar-refractivity contribution in [3.05, 3.63) is 50.9 Å². The Hall–Kier alpha value is -1.53. The molecule has 0 spiro atoms. The molecular weight excluding hydrogens is 314 g/mol. The van der Waals surface area contributed by atoms with Gasteiger partial charge in [-0.25, -0.2) is 5.43 Å². The maximum Gasteiger partial charge on any atom is 0.281 e. The molecule has 18 heavy (non-hydrogen) atoms. The van der Waals surface area contributed by atoms with Gasteiger partial charge in [-0.3, -0.25) is 9.78 Å². The summed E-state index contributed by atoms with van der Waals surface area (Å²) in [5.74, 6) is -0.214. The number of amides is 1. The average molecular weight is 324 g/mol. The number of carbonyl (C=O) groups excluding carboxylic acids is 1. The third-order valence-corrected chi connectivity index (χ3v) is 3.82. The molecular formula is C12H10BrN3OS. The van der Waals surface area contributed by atoms with Gasteiger partial charge in [-0.1, -0.05) is 6.07 Å². The number of thiophene rings is 1. The van der Waals surface area contributed by atoms with Gasteiger partial charge < -0.3 is 0 Å². The van der Waals surface area contributed by atoms with Crippen molar-refractivity contribution in [2.24, 2.45) is 5.10 Å². The van der Waals surface area contributed by atoms with Crippen LogP contribution in [0.25, 0.3) is 0 Å². The van der Waals surface area contributed by atoms with E-state index < -0.39 is 0 Å². The molecule has 1 amide bonds. The smallest absolute Gasteiger partial charge is 0.266 e. The van der Waals surface area contributed by atoms with Gasteiger partial charge in [0.25, 0.3) is 5.91 Å². The standard InChI is InChI=1S/C12H10BrN3OS/c1-8(9-3-2-6-14-7-9)15-16-12(17)10-4-5-11(13)18-10/h2-7H,1H3,(H,16,17).